The Labute approximate surface area is 128 Å². The van der Waals surface area contributed by atoms with Gasteiger partial charge in [0.15, 0.2) is 0 Å². The molecule has 1 aromatic rings. The molecular weight excluding hydrogens is 318 g/mol. The highest BCUT2D eigenvalue weighted by molar-refractivity contribution is 6.33. The van der Waals surface area contributed by atoms with E-state index >= 15 is 0 Å². The van der Waals surface area contributed by atoms with Crippen LogP contribution in [-0.2, 0) is 4.79 Å². The molecule has 2 N–H and O–H groups in total. The number of non-ortho nitro benzene ring substituents is 1. The maximum atomic E-state index is 11.8. The van der Waals surface area contributed by atoms with Crippen molar-refractivity contribution in [3.63, 3.8) is 0 Å². The van der Waals surface area contributed by atoms with Gasteiger partial charge in [0.2, 0.25) is 0 Å². The fraction of sp³-hybridized carbons (Fsp3) is 0.182. The van der Waals surface area contributed by atoms with Crippen LogP contribution < -0.4 is 10.7 Å². The van der Waals surface area contributed by atoms with E-state index in [1.54, 1.807) is 0 Å². The van der Waals surface area contributed by atoms with E-state index in [1.807, 2.05) is 0 Å². The Morgan fingerprint density at radius 1 is 1.41 bits per heavy atom. The summed E-state index contributed by atoms with van der Waals surface area (Å²) in [6.45, 7) is -0.281. The van der Waals surface area contributed by atoms with Crippen molar-refractivity contribution in [2.75, 3.05) is 18.9 Å². The number of nitrogens with one attached hydrogen (secondary N) is 2. The number of hydrazine groups is 1. The summed E-state index contributed by atoms with van der Waals surface area (Å²) in [5.74, 6) is -0.460. The number of anilines is 1. The minimum atomic E-state index is -0.813. The smallest absolute Gasteiger partial charge is 0.305 e. The van der Waals surface area contributed by atoms with E-state index in [0.29, 0.717) is 0 Å². The molecule has 1 heterocycles. The number of nitrogens with zero attached hydrogens (tertiary/aromatic N) is 3. The van der Waals surface area contributed by atoms with Gasteiger partial charge in [-0.1, -0.05) is 11.6 Å². The number of hydrogen-bond donors (Lipinski definition) is 2. The van der Waals surface area contributed by atoms with Crippen LogP contribution >= 0.6 is 11.6 Å². The quantitative estimate of drug-likeness (QED) is 0.490. The number of imide groups is 1. The summed E-state index contributed by atoms with van der Waals surface area (Å²) in [4.78, 5) is 45.5. The maximum absolute atomic E-state index is 11.8. The molecule has 2 rings (SSSR count). The number of nitro groups is 1. The Kier molecular flexibility index (Phi) is 4.13. The molecule has 5 amide bonds. The number of halogens is 1. The molecule has 1 aliphatic heterocycles. The zero-order valence-corrected chi connectivity index (χ0v) is 12.0. The normalized spacial score (nSPS) is 14.3. The molecule has 22 heavy (non-hydrogen) atoms. The highest BCUT2D eigenvalue weighted by atomic mass is 35.5. The van der Waals surface area contributed by atoms with E-state index in [2.05, 4.69) is 10.7 Å². The summed E-state index contributed by atoms with van der Waals surface area (Å²) < 4.78 is 0. The van der Waals surface area contributed by atoms with Crippen molar-refractivity contribution in [3.8, 4) is 0 Å². The molecule has 0 radical (unpaired) electrons. The van der Waals surface area contributed by atoms with Gasteiger partial charge in [-0.3, -0.25) is 19.8 Å². The van der Waals surface area contributed by atoms with Gasteiger partial charge in [0.25, 0.3) is 11.6 Å². The number of rotatable bonds is 3. The first-order valence-electron chi connectivity index (χ1n) is 5.89. The van der Waals surface area contributed by atoms with Gasteiger partial charge in [-0.25, -0.2) is 20.0 Å². The molecule has 0 atom stereocenters. The number of carbonyl (C=O) groups is 3. The van der Waals surface area contributed by atoms with Crippen LogP contribution in [0.3, 0.4) is 0 Å². The molecule has 1 aromatic carbocycles. The van der Waals surface area contributed by atoms with Crippen molar-refractivity contribution in [2.45, 2.75) is 0 Å². The fourth-order valence-corrected chi connectivity index (χ4v) is 1.90. The van der Waals surface area contributed by atoms with Crippen LogP contribution in [0.5, 0.6) is 0 Å². The number of nitro benzene ring substituents is 1. The molecule has 0 unspecified atom stereocenters. The van der Waals surface area contributed by atoms with E-state index in [-0.39, 0.29) is 22.9 Å². The van der Waals surface area contributed by atoms with Crippen LogP contribution in [0, 0.1) is 10.1 Å². The zero-order chi connectivity index (χ0) is 16.4. The van der Waals surface area contributed by atoms with Crippen molar-refractivity contribution in [1.82, 2.24) is 15.3 Å². The molecule has 11 heteroatoms. The Hall–Kier alpha value is -2.88. The number of amides is 5. The second kappa shape index (κ2) is 5.85. The first-order chi connectivity index (χ1) is 10.3. The first kappa shape index (κ1) is 15.5. The SMILES string of the molecule is CN1C(=O)CN(NC(=O)Nc2ccc([N+](=O)[O-])cc2Cl)C1=O. The van der Waals surface area contributed by atoms with Crippen molar-refractivity contribution < 1.29 is 19.3 Å². The second-order valence-electron chi connectivity index (χ2n) is 4.31. The van der Waals surface area contributed by atoms with Gasteiger partial charge in [-0.05, 0) is 6.07 Å². The standard InChI is InChI=1S/C11H10ClN5O5/c1-15-9(18)5-16(11(15)20)14-10(19)13-8-3-2-6(17(21)22)4-7(8)12/h2-4H,5H2,1H3,(H2,13,14,19). The zero-order valence-electron chi connectivity index (χ0n) is 11.2. The van der Waals surface area contributed by atoms with Crippen LogP contribution in [0.4, 0.5) is 21.0 Å². The third kappa shape index (κ3) is 3.06. The number of urea groups is 2. The summed E-state index contributed by atoms with van der Waals surface area (Å²) in [5.41, 5.74) is 2.08. The maximum Gasteiger partial charge on any atom is 0.345 e. The molecule has 10 nitrogen and oxygen atoms in total. The van der Waals surface area contributed by atoms with Crippen molar-refractivity contribution in [2.24, 2.45) is 0 Å². The van der Waals surface area contributed by atoms with Crippen LogP contribution in [0.25, 0.3) is 0 Å². The molecular formula is C11H10ClN5O5. The monoisotopic (exact) mass is 327 g/mol. The summed E-state index contributed by atoms with van der Waals surface area (Å²) in [6.07, 6.45) is 0. The topological polar surface area (TPSA) is 125 Å². The predicted octanol–water partition coefficient (Wildman–Crippen LogP) is 1.18. The molecule has 0 saturated carbocycles. The lowest BCUT2D eigenvalue weighted by atomic mass is 10.3. The van der Waals surface area contributed by atoms with Crippen molar-refractivity contribution in [1.29, 1.82) is 0 Å². The number of hydrogen-bond acceptors (Lipinski definition) is 5. The summed E-state index contributed by atoms with van der Waals surface area (Å²) in [7, 11) is 1.29. The Bertz CT molecular complexity index is 679. The second-order valence-corrected chi connectivity index (χ2v) is 4.72. The first-order valence-corrected chi connectivity index (χ1v) is 6.27. The summed E-state index contributed by atoms with van der Waals surface area (Å²) >= 11 is 5.82. The third-order valence-corrected chi connectivity index (χ3v) is 3.15. The number of benzene rings is 1. The molecule has 0 aromatic heterocycles. The molecule has 116 valence electrons. The predicted molar refractivity (Wildman–Crippen MR) is 75.1 cm³/mol. The Morgan fingerprint density at radius 3 is 2.59 bits per heavy atom. The molecule has 0 bridgehead atoms. The lowest BCUT2D eigenvalue weighted by molar-refractivity contribution is -0.384. The van der Waals surface area contributed by atoms with Crippen LogP contribution in [0.15, 0.2) is 18.2 Å². The molecule has 1 fully saturated rings. The molecule has 1 saturated heterocycles. The van der Waals surface area contributed by atoms with Crippen molar-refractivity contribution in [3.05, 3.63) is 33.3 Å². The van der Waals surface area contributed by atoms with E-state index in [4.69, 9.17) is 11.6 Å². The van der Waals surface area contributed by atoms with Gasteiger partial charge in [0, 0.05) is 19.2 Å². The van der Waals surface area contributed by atoms with E-state index in [9.17, 15) is 24.5 Å². The lowest BCUT2D eigenvalue weighted by Gasteiger charge is -2.16. The van der Waals surface area contributed by atoms with Crippen LogP contribution in [-0.4, -0.2) is 46.4 Å². The minimum absolute atomic E-state index is 0.0368. The Morgan fingerprint density at radius 2 is 2.09 bits per heavy atom. The fourth-order valence-electron chi connectivity index (χ4n) is 1.68. The Balaban J connectivity index is 2.02. The minimum Gasteiger partial charge on any atom is -0.305 e. The van der Waals surface area contributed by atoms with E-state index < -0.39 is 22.9 Å². The average Bonchev–Trinajstić information content (AvgIpc) is 2.68. The van der Waals surface area contributed by atoms with E-state index in [0.717, 1.165) is 16.0 Å². The van der Waals surface area contributed by atoms with Gasteiger partial charge < -0.3 is 5.32 Å². The average molecular weight is 328 g/mol. The largest absolute Gasteiger partial charge is 0.345 e. The third-order valence-electron chi connectivity index (χ3n) is 2.83. The molecule has 0 spiro atoms. The number of likely N-dealkylation sites (N-methyl/N-ethyl adjacent to an activating group) is 1. The van der Waals surface area contributed by atoms with E-state index in [1.165, 1.54) is 19.2 Å². The highest BCUT2D eigenvalue weighted by Crippen LogP contribution is 2.26. The molecule has 1 aliphatic rings. The molecule has 0 aliphatic carbocycles. The lowest BCUT2D eigenvalue weighted by Crippen LogP contribution is -2.46. The summed E-state index contributed by atoms with van der Waals surface area (Å²) in [6, 6.07) is 2.01. The number of carbonyl (C=O) groups excluding carboxylic acids is 3. The van der Waals surface area contributed by atoms with Crippen LogP contribution in [0.2, 0.25) is 5.02 Å². The van der Waals surface area contributed by atoms with Gasteiger partial charge in [0.1, 0.15) is 6.54 Å². The van der Waals surface area contributed by atoms with Crippen molar-refractivity contribution >= 4 is 40.9 Å². The highest BCUT2D eigenvalue weighted by Gasteiger charge is 2.34. The van der Waals surface area contributed by atoms with Gasteiger partial charge >= 0.3 is 12.1 Å². The van der Waals surface area contributed by atoms with Gasteiger partial charge in [0.05, 0.1) is 15.6 Å². The summed E-state index contributed by atoms with van der Waals surface area (Å²) in [5, 5.41) is 13.7. The van der Waals surface area contributed by atoms with Gasteiger partial charge in [-0.2, -0.15) is 0 Å². The van der Waals surface area contributed by atoms with Gasteiger partial charge in [-0.15, -0.1) is 0 Å². The van der Waals surface area contributed by atoms with Crippen LogP contribution in [0.1, 0.15) is 0 Å².